The molecule has 1 aromatic heterocycles. The molecule has 0 bridgehead atoms. The quantitative estimate of drug-likeness (QED) is 0.810. The largest absolute Gasteiger partial charge is 0.478 e. The van der Waals surface area contributed by atoms with Crippen molar-refractivity contribution in [3.8, 4) is 0 Å². The predicted molar refractivity (Wildman–Crippen MR) is 88.7 cm³/mol. The Balaban J connectivity index is 2.15. The lowest BCUT2D eigenvalue weighted by atomic mass is 10.1. The average Bonchev–Trinajstić information content (AvgIpc) is 2.96. The van der Waals surface area contributed by atoms with Gasteiger partial charge in [-0.15, -0.1) is 11.3 Å². The van der Waals surface area contributed by atoms with Gasteiger partial charge in [-0.2, -0.15) is 0 Å². The Morgan fingerprint density at radius 1 is 1.29 bits per heavy atom. The van der Waals surface area contributed by atoms with Crippen LogP contribution < -0.4 is 4.90 Å². The summed E-state index contributed by atoms with van der Waals surface area (Å²) < 4.78 is 0. The van der Waals surface area contributed by atoms with Gasteiger partial charge in [0.1, 0.15) is 0 Å². The van der Waals surface area contributed by atoms with E-state index in [1.165, 1.54) is 4.88 Å². The number of aliphatic carboxylic acids is 1. The van der Waals surface area contributed by atoms with Crippen molar-refractivity contribution in [2.24, 2.45) is 0 Å². The Kier molecular flexibility index (Phi) is 5.17. The second kappa shape index (κ2) is 7.09. The molecule has 0 fully saturated rings. The van der Waals surface area contributed by atoms with Crippen LogP contribution in [0.5, 0.6) is 0 Å². The van der Waals surface area contributed by atoms with Crippen LogP contribution in [-0.2, 0) is 11.3 Å². The van der Waals surface area contributed by atoms with E-state index in [0.717, 1.165) is 23.9 Å². The van der Waals surface area contributed by atoms with E-state index in [-0.39, 0.29) is 0 Å². The van der Waals surface area contributed by atoms with E-state index < -0.39 is 5.97 Å². The van der Waals surface area contributed by atoms with Crippen LogP contribution in [0, 0.1) is 0 Å². The fourth-order valence-corrected chi connectivity index (χ4v) is 2.79. The molecule has 2 aromatic rings. The van der Waals surface area contributed by atoms with Gasteiger partial charge in [0.25, 0.3) is 0 Å². The van der Waals surface area contributed by atoms with Gasteiger partial charge in [-0.1, -0.05) is 18.2 Å². The van der Waals surface area contributed by atoms with Crippen molar-refractivity contribution in [3.63, 3.8) is 0 Å². The zero-order chi connectivity index (χ0) is 15.2. The minimum absolute atomic E-state index is 0.396. The van der Waals surface area contributed by atoms with Crippen LogP contribution >= 0.6 is 11.3 Å². The van der Waals surface area contributed by atoms with E-state index in [0.29, 0.717) is 6.04 Å². The second-order valence-electron chi connectivity index (χ2n) is 5.06. The summed E-state index contributed by atoms with van der Waals surface area (Å²) >= 11 is 1.76. The number of rotatable bonds is 6. The van der Waals surface area contributed by atoms with Crippen molar-refractivity contribution >= 4 is 29.1 Å². The lowest BCUT2D eigenvalue weighted by molar-refractivity contribution is -0.131. The van der Waals surface area contributed by atoms with Crippen LogP contribution in [0.2, 0.25) is 0 Å². The topological polar surface area (TPSA) is 40.5 Å². The summed E-state index contributed by atoms with van der Waals surface area (Å²) in [6.07, 6.45) is 2.76. The molecule has 1 N–H and O–H groups in total. The molecule has 4 heteroatoms. The smallest absolute Gasteiger partial charge is 0.328 e. The number of thiophene rings is 1. The zero-order valence-corrected chi connectivity index (χ0v) is 13.0. The summed E-state index contributed by atoms with van der Waals surface area (Å²) in [5, 5.41) is 10.7. The first kappa shape index (κ1) is 15.3. The number of anilines is 1. The molecule has 21 heavy (non-hydrogen) atoms. The van der Waals surface area contributed by atoms with Crippen molar-refractivity contribution in [3.05, 3.63) is 58.3 Å². The minimum atomic E-state index is -0.930. The summed E-state index contributed by atoms with van der Waals surface area (Å²) in [4.78, 5) is 14.2. The summed E-state index contributed by atoms with van der Waals surface area (Å²) in [7, 11) is 0. The monoisotopic (exact) mass is 301 g/mol. The average molecular weight is 301 g/mol. The maximum absolute atomic E-state index is 10.5. The summed E-state index contributed by atoms with van der Waals surface area (Å²) in [6.45, 7) is 5.23. The molecule has 0 saturated heterocycles. The number of carboxylic acid groups (broad SMARTS) is 1. The number of hydrogen-bond donors (Lipinski definition) is 1. The lowest BCUT2D eigenvalue weighted by Gasteiger charge is -2.28. The van der Waals surface area contributed by atoms with Gasteiger partial charge < -0.3 is 10.0 Å². The summed E-state index contributed by atoms with van der Waals surface area (Å²) in [6, 6.07) is 12.6. The Morgan fingerprint density at radius 2 is 2.00 bits per heavy atom. The summed E-state index contributed by atoms with van der Waals surface area (Å²) in [5.74, 6) is -0.930. The molecule has 0 unspecified atom stereocenters. The fourth-order valence-electron chi connectivity index (χ4n) is 2.09. The molecular weight excluding hydrogens is 282 g/mol. The van der Waals surface area contributed by atoms with Gasteiger partial charge in [0.2, 0.25) is 0 Å². The van der Waals surface area contributed by atoms with Gasteiger partial charge in [0.15, 0.2) is 0 Å². The highest BCUT2D eigenvalue weighted by Gasteiger charge is 2.11. The van der Waals surface area contributed by atoms with E-state index >= 15 is 0 Å². The molecule has 0 aliphatic rings. The van der Waals surface area contributed by atoms with E-state index in [4.69, 9.17) is 5.11 Å². The first-order valence-electron chi connectivity index (χ1n) is 6.86. The van der Waals surface area contributed by atoms with E-state index in [1.54, 1.807) is 17.4 Å². The molecule has 1 aromatic carbocycles. The first-order valence-corrected chi connectivity index (χ1v) is 7.74. The number of carbonyl (C=O) groups is 1. The highest BCUT2D eigenvalue weighted by Crippen LogP contribution is 2.22. The molecule has 1 heterocycles. The van der Waals surface area contributed by atoms with Gasteiger partial charge in [-0.3, -0.25) is 0 Å². The van der Waals surface area contributed by atoms with Gasteiger partial charge >= 0.3 is 5.97 Å². The Bertz CT molecular complexity index is 600. The van der Waals surface area contributed by atoms with Crippen molar-refractivity contribution in [2.75, 3.05) is 4.90 Å². The Hall–Kier alpha value is -2.07. The van der Waals surface area contributed by atoms with Crippen LogP contribution in [0.3, 0.4) is 0 Å². The normalized spacial score (nSPS) is 11.2. The van der Waals surface area contributed by atoms with Gasteiger partial charge in [0.05, 0.1) is 6.54 Å². The standard InChI is InChI=1S/C17H19NO2S/c1-13(2)18(12-16-4-3-11-21-16)15-8-5-14(6-9-15)7-10-17(19)20/h3-11,13H,12H2,1-2H3,(H,19,20). The minimum Gasteiger partial charge on any atom is -0.478 e. The molecule has 0 aliphatic heterocycles. The van der Waals surface area contributed by atoms with Crippen LogP contribution in [0.1, 0.15) is 24.3 Å². The maximum Gasteiger partial charge on any atom is 0.328 e. The molecule has 0 aliphatic carbocycles. The van der Waals surface area contributed by atoms with E-state index in [9.17, 15) is 4.79 Å². The number of nitrogens with zero attached hydrogens (tertiary/aromatic N) is 1. The number of carboxylic acids is 1. The molecule has 0 radical (unpaired) electrons. The van der Waals surface area contributed by atoms with Crippen LogP contribution in [0.25, 0.3) is 6.08 Å². The Morgan fingerprint density at radius 3 is 2.52 bits per heavy atom. The van der Waals surface area contributed by atoms with Gasteiger partial charge in [0, 0.05) is 22.7 Å². The fraction of sp³-hybridized carbons (Fsp3) is 0.235. The molecule has 2 rings (SSSR count). The Labute approximate surface area is 129 Å². The molecule has 0 saturated carbocycles. The van der Waals surface area contributed by atoms with Crippen molar-refractivity contribution in [1.29, 1.82) is 0 Å². The maximum atomic E-state index is 10.5. The van der Waals surface area contributed by atoms with Crippen LogP contribution in [-0.4, -0.2) is 17.1 Å². The number of hydrogen-bond acceptors (Lipinski definition) is 3. The first-order chi connectivity index (χ1) is 10.1. The predicted octanol–water partition coefficient (Wildman–Crippen LogP) is 4.26. The van der Waals surface area contributed by atoms with Gasteiger partial charge in [-0.25, -0.2) is 4.79 Å². The second-order valence-corrected chi connectivity index (χ2v) is 6.10. The van der Waals surface area contributed by atoms with Crippen molar-refractivity contribution in [1.82, 2.24) is 0 Å². The molecule has 0 atom stereocenters. The molecule has 0 spiro atoms. The highest BCUT2D eigenvalue weighted by atomic mass is 32.1. The van der Waals surface area contributed by atoms with Crippen LogP contribution in [0.15, 0.2) is 47.9 Å². The third kappa shape index (κ3) is 4.46. The SMILES string of the molecule is CC(C)N(Cc1cccs1)c1ccc(C=CC(=O)O)cc1. The summed E-state index contributed by atoms with van der Waals surface area (Å²) in [5.41, 5.74) is 2.03. The van der Waals surface area contributed by atoms with Crippen molar-refractivity contribution < 1.29 is 9.90 Å². The molecule has 110 valence electrons. The zero-order valence-electron chi connectivity index (χ0n) is 12.2. The molecular formula is C17H19NO2S. The molecule has 0 amide bonds. The van der Waals surface area contributed by atoms with E-state index in [1.807, 2.05) is 24.3 Å². The molecule has 3 nitrogen and oxygen atoms in total. The third-order valence-corrected chi connectivity index (χ3v) is 4.03. The third-order valence-electron chi connectivity index (χ3n) is 3.17. The highest BCUT2D eigenvalue weighted by molar-refractivity contribution is 7.09. The van der Waals surface area contributed by atoms with E-state index in [2.05, 4.69) is 36.3 Å². The van der Waals surface area contributed by atoms with Gasteiger partial charge in [-0.05, 0) is 49.1 Å². The lowest BCUT2D eigenvalue weighted by Crippen LogP contribution is -2.29. The van der Waals surface area contributed by atoms with Crippen LogP contribution in [0.4, 0.5) is 5.69 Å². The number of benzene rings is 1. The van der Waals surface area contributed by atoms with Crippen molar-refractivity contribution in [2.45, 2.75) is 26.4 Å².